The number of nitrogens with one attached hydrogen (secondary N) is 2. The first kappa shape index (κ1) is 17.5. The number of para-hydroxylation sites is 1. The Kier molecular flexibility index (Phi) is 5.83. The summed E-state index contributed by atoms with van der Waals surface area (Å²) in [5, 5.41) is 5.94. The van der Waals surface area contributed by atoms with Crippen molar-refractivity contribution in [1.82, 2.24) is 15.6 Å². The second-order valence-electron chi connectivity index (χ2n) is 5.76. The Hall–Kier alpha value is -3.34. The quantitative estimate of drug-likeness (QED) is 0.715. The molecule has 0 bridgehead atoms. The average Bonchev–Trinajstić information content (AvgIpc) is 2.72. The molecule has 5 heteroatoms. The number of rotatable bonds is 6. The first-order chi connectivity index (χ1) is 12.8. The van der Waals surface area contributed by atoms with Gasteiger partial charge in [0.25, 0.3) is 0 Å². The van der Waals surface area contributed by atoms with Gasteiger partial charge in [0.1, 0.15) is 5.75 Å². The number of benzene rings is 2. The highest BCUT2D eigenvalue weighted by molar-refractivity contribution is 5.75. The molecule has 1 unspecified atom stereocenters. The summed E-state index contributed by atoms with van der Waals surface area (Å²) in [6.07, 6.45) is 3.44. The summed E-state index contributed by atoms with van der Waals surface area (Å²) >= 11 is 0. The van der Waals surface area contributed by atoms with Crippen LogP contribution in [0.25, 0.3) is 0 Å². The van der Waals surface area contributed by atoms with Gasteiger partial charge in [0, 0.05) is 24.5 Å². The van der Waals surface area contributed by atoms with Gasteiger partial charge in [0.2, 0.25) is 0 Å². The fourth-order valence-corrected chi connectivity index (χ4v) is 2.77. The van der Waals surface area contributed by atoms with Gasteiger partial charge in [-0.05, 0) is 29.3 Å². The van der Waals surface area contributed by atoms with Crippen molar-refractivity contribution in [3.05, 3.63) is 95.8 Å². The molecule has 2 aromatic carbocycles. The highest BCUT2D eigenvalue weighted by Crippen LogP contribution is 2.21. The van der Waals surface area contributed by atoms with E-state index in [9.17, 15) is 4.79 Å². The summed E-state index contributed by atoms with van der Waals surface area (Å²) < 4.78 is 5.32. The summed E-state index contributed by atoms with van der Waals surface area (Å²) in [7, 11) is 1.62. The molecular formula is C21H21N3O2. The lowest BCUT2D eigenvalue weighted by molar-refractivity contribution is 0.238. The normalized spacial score (nSPS) is 11.4. The third-order valence-corrected chi connectivity index (χ3v) is 4.08. The minimum atomic E-state index is -0.253. The van der Waals surface area contributed by atoms with Gasteiger partial charge in [0.15, 0.2) is 0 Å². The minimum absolute atomic E-state index is 0.249. The van der Waals surface area contributed by atoms with Crippen LogP contribution >= 0.6 is 0 Å². The van der Waals surface area contributed by atoms with E-state index in [1.165, 1.54) is 0 Å². The van der Waals surface area contributed by atoms with Crippen LogP contribution in [-0.2, 0) is 6.54 Å². The molecule has 1 aromatic heterocycles. The largest absolute Gasteiger partial charge is 0.496 e. The van der Waals surface area contributed by atoms with Gasteiger partial charge < -0.3 is 15.4 Å². The minimum Gasteiger partial charge on any atom is -0.496 e. The fourth-order valence-electron chi connectivity index (χ4n) is 2.77. The van der Waals surface area contributed by atoms with Crippen LogP contribution in [0.15, 0.2) is 79.1 Å². The molecule has 1 atom stereocenters. The standard InChI is InChI=1S/C21H21N3O2/c1-26-19-10-6-5-9-18(19)15-23-21(25)24-20(16-7-3-2-4-8-16)17-11-13-22-14-12-17/h2-14,20H,15H2,1H3,(H2,23,24,25). The number of nitrogens with zero attached hydrogens (tertiary/aromatic N) is 1. The van der Waals surface area contributed by atoms with E-state index in [-0.39, 0.29) is 12.1 Å². The maximum Gasteiger partial charge on any atom is 0.315 e. The van der Waals surface area contributed by atoms with E-state index in [0.29, 0.717) is 6.54 Å². The zero-order valence-corrected chi connectivity index (χ0v) is 14.6. The number of hydrogen-bond donors (Lipinski definition) is 2. The van der Waals surface area contributed by atoms with Crippen molar-refractivity contribution in [1.29, 1.82) is 0 Å². The van der Waals surface area contributed by atoms with E-state index in [2.05, 4.69) is 15.6 Å². The number of ether oxygens (including phenoxy) is 1. The molecule has 0 aliphatic rings. The van der Waals surface area contributed by atoms with Gasteiger partial charge in [-0.3, -0.25) is 4.98 Å². The Morgan fingerprint density at radius 3 is 2.35 bits per heavy atom. The summed E-state index contributed by atoms with van der Waals surface area (Å²) in [4.78, 5) is 16.5. The van der Waals surface area contributed by atoms with Crippen molar-refractivity contribution in [2.24, 2.45) is 0 Å². The molecule has 0 fully saturated rings. The van der Waals surface area contributed by atoms with E-state index in [1.807, 2.05) is 66.7 Å². The Morgan fingerprint density at radius 1 is 0.962 bits per heavy atom. The number of carbonyl (C=O) groups is 1. The van der Waals surface area contributed by atoms with Crippen LogP contribution in [0.1, 0.15) is 22.7 Å². The van der Waals surface area contributed by atoms with Gasteiger partial charge in [0.05, 0.1) is 13.2 Å². The highest BCUT2D eigenvalue weighted by Gasteiger charge is 2.16. The number of methoxy groups -OCH3 is 1. The molecule has 0 aliphatic carbocycles. The smallest absolute Gasteiger partial charge is 0.315 e. The van der Waals surface area contributed by atoms with E-state index < -0.39 is 0 Å². The second-order valence-corrected chi connectivity index (χ2v) is 5.76. The predicted molar refractivity (Wildman–Crippen MR) is 101 cm³/mol. The van der Waals surface area contributed by atoms with Gasteiger partial charge >= 0.3 is 6.03 Å². The Labute approximate surface area is 153 Å². The molecular weight excluding hydrogens is 326 g/mol. The van der Waals surface area contributed by atoms with Gasteiger partial charge in [-0.25, -0.2) is 4.79 Å². The highest BCUT2D eigenvalue weighted by atomic mass is 16.5. The topological polar surface area (TPSA) is 63.2 Å². The van der Waals surface area contributed by atoms with Crippen LogP contribution in [0.2, 0.25) is 0 Å². The van der Waals surface area contributed by atoms with Crippen LogP contribution in [0, 0.1) is 0 Å². The fraction of sp³-hybridized carbons (Fsp3) is 0.143. The SMILES string of the molecule is COc1ccccc1CNC(=O)NC(c1ccccc1)c1ccncc1. The molecule has 0 spiro atoms. The molecule has 3 rings (SSSR count). The summed E-state index contributed by atoms with van der Waals surface area (Å²) in [5.74, 6) is 0.751. The van der Waals surface area contributed by atoms with E-state index in [4.69, 9.17) is 4.74 Å². The third-order valence-electron chi connectivity index (χ3n) is 4.08. The number of amides is 2. The molecule has 0 saturated carbocycles. The monoisotopic (exact) mass is 347 g/mol. The molecule has 1 heterocycles. The molecule has 0 radical (unpaired) electrons. The van der Waals surface area contributed by atoms with Crippen molar-refractivity contribution in [2.45, 2.75) is 12.6 Å². The lowest BCUT2D eigenvalue weighted by atomic mass is 10.00. The number of pyridine rings is 1. The predicted octanol–water partition coefficient (Wildman–Crippen LogP) is 3.68. The van der Waals surface area contributed by atoms with E-state index in [0.717, 1.165) is 22.4 Å². The maximum absolute atomic E-state index is 12.5. The Bertz CT molecular complexity index is 799. The number of carbonyl (C=O) groups excluding carboxylic acids is 1. The van der Waals surface area contributed by atoms with Crippen molar-refractivity contribution in [2.75, 3.05) is 7.11 Å². The molecule has 26 heavy (non-hydrogen) atoms. The van der Waals surface area contributed by atoms with Crippen LogP contribution < -0.4 is 15.4 Å². The second kappa shape index (κ2) is 8.67. The van der Waals surface area contributed by atoms with Crippen LogP contribution in [-0.4, -0.2) is 18.1 Å². The first-order valence-corrected chi connectivity index (χ1v) is 8.39. The Balaban J connectivity index is 1.72. The Morgan fingerprint density at radius 2 is 1.62 bits per heavy atom. The molecule has 5 nitrogen and oxygen atoms in total. The zero-order chi connectivity index (χ0) is 18.2. The van der Waals surface area contributed by atoms with Gasteiger partial charge in [-0.2, -0.15) is 0 Å². The molecule has 0 aliphatic heterocycles. The van der Waals surface area contributed by atoms with Crippen LogP contribution in [0.4, 0.5) is 4.79 Å². The summed E-state index contributed by atoms with van der Waals surface area (Å²) in [5.41, 5.74) is 2.90. The summed E-state index contributed by atoms with van der Waals surface area (Å²) in [6.45, 7) is 0.383. The van der Waals surface area contributed by atoms with Gasteiger partial charge in [-0.15, -0.1) is 0 Å². The van der Waals surface area contributed by atoms with Crippen LogP contribution in [0.3, 0.4) is 0 Å². The maximum atomic E-state index is 12.5. The van der Waals surface area contributed by atoms with E-state index in [1.54, 1.807) is 19.5 Å². The van der Waals surface area contributed by atoms with Crippen molar-refractivity contribution >= 4 is 6.03 Å². The first-order valence-electron chi connectivity index (χ1n) is 8.39. The van der Waals surface area contributed by atoms with Crippen molar-refractivity contribution in [3.8, 4) is 5.75 Å². The number of aromatic nitrogens is 1. The molecule has 2 N–H and O–H groups in total. The molecule has 2 amide bonds. The lowest BCUT2D eigenvalue weighted by Gasteiger charge is -2.20. The van der Waals surface area contributed by atoms with Gasteiger partial charge in [-0.1, -0.05) is 48.5 Å². The molecule has 132 valence electrons. The summed E-state index contributed by atoms with van der Waals surface area (Å²) in [6, 6.07) is 20.8. The van der Waals surface area contributed by atoms with E-state index >= 15 is 0 Å². The third kappa shape index (κ3) is 4.39. The number of urea groups is 1. The average molecular weight is 347 g/mol. The van der Waals surface area contributed by atoms with Crippen molar-refractivity contribution < 1.29 is 9.53 Å². The van der Waals surface area contributed by atoms with Crippen LogP contribution in [0.5, 0.6) is 5.75 Å². The van der Waals surface area contributed by atoms with Crippen molar-refractivity contribution in [3.63, 3.8) is 0 Å². The molecule has 0 saturated heterocycles. The lowest BCUT2D eigenvalue weighted by Crippen LogP contribution is -2.38. The number of hydrogen-bond acceptors (Lipinski definition) is 3. The molecule has 3 aromatic rings. The zero-order valence-electron chi connectivity index (χ0n) is 14.6.